The number of fused-ring (bicyclic) bond motifs is 2. The number of aliphatic imine (C=N–C) groups is 1. The molecule has 0 radical (unpaired) electrons. The number of rotatable bonds is 3. The number of hydrogen-bond acceptors (Lipinski definition) is 5. The van der Waals surface area contributed by atoms with Crippen LogP contribution in [-0.4, -0.2) is 52.3 Å². The highest BCUT2D eigenvalue weighted by molar-refractivity contribution is 6.13. The lowest BCUT2D eigenvalue weighted by molar-refractivity contribution is -0.113. The third-order valence-electron chi connectivity index (χ3n) is 6.05. The van der Waals surface area contributed by atoms with Gasteiger partial charge in [0.25, 0.3) is 5.91 Å². The number of benzene rings is 1. The zero-order valence-corrected chi connectivity index (χ0v) is 17.7. The van der Waals surface area contributed by atoms with E-state index in [0.29, 0.717) is 13.2 Å². The van der Waals surface area contributed by atoms with E-state index in [0.717, 1.165) is 52.8 Å². The van der Waals surface area contributed by atoms with E-state index in [1.165, 1.54) is 18.2 Å². The minimum Gasteiger partial charge on any atom is -0.378 e. The molecular weight excluding hydrogens is 421 g/mol. The van der Waals surface area contributed by atoms with Crippen molar-refractivity contribution in [3.63, 3.8) is 0 Å². The van der Waals surface area contributed by atoms with Crippen molar-refractivity contribution >= 4 is 28.7 Å². The number of carbonyl (C=O) groups is 1. The predicted octanol–water partition coefficient (Wildman–Crippen LogP) is 3.48. The molecule has 1 fully saturated rings. The molecule has 33 heavy (non-hydrogen) atoms. The van der Waals surface area contributed by atoms with Gasteiger partial charge in [0.15, 0.2) is 11.5 Å². The second-order valence-corrected chi connectivity index (χ2v) is 8.07. The summed E-state index contributed by atoms with van der Waals surface area (Å²) in [7, 11) is 0. The van der Waals surface area contributed by atoms with Crippen molar-refractivity contribution in [2.45, 2.75) is 0 Å². The normalized spacial score (nSPS) is 20.1. The number of imidazole rings is 1. The maximum atomic E-state index is 13.7. The Morgan fingerprint density at radius 3 is 2.70 bits per heavy atom. The maximum Gasteiger partial charge on any atom is 0.269 e. The number of nitrogens with zero attached hydrogens (tertiary/aromatic N) is 5. The summed E-state index contributed by atoms with van der Waals surface area (Å²) in [5.74, 6) is 0.163. The van der Waals surface area contributed by atoms with E-state index in [2.05, 4.69) is 21.0 Å². The molecular formula is C25H20FN5O2. The minimum absolute atomic E-state index is 0.0881. The molecule has 1 saturated heterocycles. The first-order valence-corrected chi connectivity index (χ1v) is 10.8. The average Bonchev–Trinajstić information content (AvgIpc) is 3.24. The van der Waals surface area contributed by atoms with Crippen LogP contribution >= 0.6 is 0 Å². The zero-order chi connectivity index (χ0) is 22.4. The van der Waals surface area contributed by atoms with Crippen LogP contribution in [0.4, 0.5) is 10.2 Å². The highest BCUT2D eigenvalue weighted by Crippen LogP contribution is 2.35. The molecule has 6 rings (SSSR count). The van der Waals surface area contributed by atoms with Gasteiger partial charge in [0.1, 0.15) is 5.82 Å². The van der Waals surface area contributed by atoms with Crippen LogP contribution in [-0.2, 0) is 9.53 Å². The fourth-order valence-corrected chi connectivity index (χ4v) is 4.44. The fraction of sp³-hybridized carbons (Fsp3) is 0.200. The van der Waals surface area contributed by atoms with E-state index < -0.39 is 0 Å². The molecule has 3 aromatic rings. The number of carbonyl (C=O) groups excluding carboxylic acids is 1. The molecule has 0 bridgehead atoms. The van der Waals surface area contributed by atoms with Gasteiger partial charge >= 0.3 is 0 Å². The first-order chi connectivity index (χ1) is 16.2. The van der Waals surface area contributed by atoms with E-state index in [1.54, 1.807) is 18.3 Å². The minimum atomic E-state index is -0.297. The molecule has 4 heterocycles. The lowest BCUT2D eigenvalue weighted by atomic mass is 9.90. The van der Waals surface area contributed by atoms with Gasteiger partial charge in [-0.3, -0.25) is 9.20 Å². The van der Waals surface area contributed by atoms with Crippen LogP contribution in [0.1, 0.15) is 5.69 Å². The van der Waals surface area contributed by atoms with E-state index in [4.69, 9.17) is 9.72 Å². The van der Waals surface area contributed by atoms with Gasteiger partial charge in [-0.25, -0.2) is 19.4 Å². The van der Waals surface area contributed by atoms with Crippen molar-refractivity contribution in [2.24, 2.45) is 10.9 Å². The number of allylic oxidation sites excluding steroid dienone is 5. The summed E-state index contributed by atoms with van der Waals surface area (Å²) in [6.07, 6.45) is 12.9. The Morgan fingerprint density at radius 2 is 1.88 bits per heavy atom. The molecule has 2 aliphatic heterocycles. The molecule has 0 spiro atoms. The number of halogens is 1. The lowest BCUT2D eigenvalue weighted by Gasteiger charge is -2.27. The Kier molecular flexibility index (Phi) is 4.73. The number of ether oxygens (including phenoxy) is 1. The van der Waals surface area contributed by atoms with Gasteiger partial charge in [0, 0.05) is 43.0 Å². The zero-order valence-electron chi connectivity index (χ0n) is 17.7. The van der Waals surface area contributed by atoms with Crippen LogP contribution in [0.5, 0.6) is 0 Å². The molecule has 1 aliphatic carbocycles. The molecule has 0 saturated carbocycles. The fourth-order valence-electron chi connectivity index (χ4n) is 4.44. The second-order valence-electron chi connectivity index (χ2n) is 8.07. The topological polar surface area (TPSA) is 72.1 Å². The summed E-state index contributed by atoms with van der Waals surface area (Å²) in [6.45, 7) is 2.77. The van der Waals surface area contributed by atoms with Gasteiger partial charge in [-0.2, -0.15) is 0 Å². The Morgan fingerprint density at radius 1 is 1.06 bits per heavy atom. The first-order valence-electron chi connectivity index (χ1n) is 10.8. The van der Waals surface area contributed by atoms with Crippen molar-refractivity contribution in [1.82, 2.24) is 14.4 Å². The average molecular weight is 441 g/mol. The van der Waals surface area contributed by atoms with Gasteiger partial charge in [-0.05, 0) is 35.9 Å². The van der Waals surface area contributed by atoms with Crippen LogP contribution in [0.2, 0.25) is 0 Å². The Bertz CT molecular complexity index is 1380. The number of morpholine rings is 1. The summed E-state index contributed by atoms with van der Waals surface area (Å²) in [5.41, 5.74) is 4.84. The third kappa shape index (κ3) is 3.48. The molecule has 1 aromatic carbocycles. The first kappa shape index (κ1) is 19.8. The SMILES string of the molecule is O=C1C=CC2C=C(c3c(-c4ccc(F)cc4)nc4c(N5CCOCC5)nccn34)C=CC2=N1. The highest BCUT2D eigenvalue weighted by Gasteiger charge is 2.25. The summed E-state index contributed by atoms with van der Waals surface area (Å²) < 4.78 is 21.2. The molecule has 7 nitrogen and oxygen atoms in total. The Hall–Kier alpha value is -3.91. The van der Waals surface area contributed by atoms with Crippen molar-refractivity contribution < 1.29 is 13.9 Å². The van der Waals surface area contributed by atoms with E-state index >= 15 is 0 Å². The van der Waals surface area contributed by atoms with E-state index in [9.17, 15) is 9.18 Å². The van der Waals surface area contributed by atoms with Gasteiger partial charge in [0.2, 0.25) is 0 Å². The summed E-state index contributed by atoms with van der Waals surface area (Å²) >= 11 is 0. The highest BCUT2D eigenvalue weighted by atomic mass is 19.1. The molecule has 1 unspecified atom stereocenters. The van der Waals surface area contributed by atoms with E-state index in [1.807, 2.05) is 28.8 Å². The quantitative estimate of drug-likeness (QED) is 0.622. The summed E-state index contributed by atoms with van der Waals surface area (Å²) in [6, 6.07) is 6.36. The Labute approximate surface area is 189 Å². The molecule has 3 aliphatic rings. The molecule has 2 aromatic heterocycles. The number of aromatic nitrogens is 3. The number of amides is 1. The second kappa shape index (κ2) is 7.90. The molecule has 8 heteroatoms. The van der Waals surface area contributed by atoms with Crippen molar-refractivity contribution in [2.75, 3.05) is 31.2 Å². The van der Waals surface area contributed by atoms with E-state index in [-0.39, 0.29) is 17.6 Å². The van der Waals surface area contributed by atoms with Crippen molar-refractivity contribution in [1.29, 1.82) is 0 Å². The molecule has 164 valence electrons. The van der Waals surface area contributed by atoms with Crippen LogP contribution < -0.4 is 4.90 Å². The molecule has 1 amide bonds. The lowest BCUT2D eigenvalue weighted by Crippen LogP contribution is -2.37. The van der Waals surface area contributed by atoms with Crippen LogP contribution in [0, 0.1) is 11.7 Å². The number of dihydropyridines is 1. The van der Waals surface area contributed by atoms with Gasteiger partial charge in [-0.1, -0.05) is 18.2 Å². The molecule has 0 N–H and O–H groups in total. The third-order valence-corrected chi connectivity index (χ3v) is 6.05. The number of anilines is 1. The monoisotopic (exact) mass is 441 g/mol. The maximum absolute atomic E-state index is 13.7. The van der Waals surface area contributed by atoms with Gasteiger partial charge in [-0.15, -0.1) is 0 Å². The Balaban J connectivity index is 1.55. The summed E-state index contributed by atoms with van der Waals surface area (Å²) in [4.78, 5) is 27.6. The van der Waals surface area contributed by atoms with Crippen molar-refractivity contribution in [3.8, 4) is 11.3 Å². The van der Waals surface area contributed by atoms with Gasteiger partial charge in [0.05, 0.1) is 30.3 Å². The largest absolute Gasteiger partial charge is 0.378 e. The summed E-state index contributed by atoms with van der Waals surface area (Å²) in [5, 5.41) is 0. The van der Waals surface area contributed by atoms with Gasteiger partial charge < -0.3 is 9.64 Å². The predicted molar refractivity (Wildman–Crippen MR) is 124 cm³/mol. The standard InChI is InChI=1S/C25H20FN5O2/c26-19-5-1-16(2-6-19)22-23(18-3-7-20-17(15-18)4-8-21(32)28-20)31-10-9-27-24(25(31)29-22)30-11-13-33-14-12-30/h1-10,15,17H,11-14H2. The van der Waals surface area contributed by atoms with Crippen LogP contribution in [0.3, 0.4) is 0 Å². The van der Waals surface area contributed by atoms with Crippen LogP contribution in [0.25, 0.3) is 22.5 Å². The number of hydrogen-bond donors (Lipinski definition) is 0. The smallest absolute Gasteiger partial charge is 0.269 e. The van der Waals surface area contributed by atoms with Crippen LogP contribution in [0.15, 0.2) is 72.0 Å². The molecule has 1 atom stereocenters. The van der Waals surface area contributed by atoms with Crippen molar-refractivity contribution in [3.05, 3.63) is 78.6 Å².